The van der Waals surface area contributed by atoms with Gasteiger partial charge < -0.3 is 9.84 Å². The lowest BCUT2D eigenvalue weighted by atomic mass is 10.1. The molecule has 4 nitrogen and oxygen atoms in total. The lowest BCUT2D eigenvalue weighted by Gasteiger charge is -2.16. The number of halogens is 3. The number of aliphatic hydroxyl groups is 1. The Bertz CT molecular complexity index is 622. The molecule has 0 spiro atoms. The van der Waals surface area contributed by atoms with E-state index in [0.717, 1.165) is 6.07 Å². The fraction of sp³-hybridized carbons (Fsp3) is 0.500. The molecule has 0 amide bonds. The van der Waals surface area contributed by atoms with Crippen LogP contribution in [0.2, 0.25) is 0 Å². The Hall–Kier alpha value is -1.28. The molecular formula is C12H13F3O4S. The first-order valence-electron chi connectivity index (χ1n) is 5.98. The van der Waals surface area contributed by atoms with E-state index in [1.807, 2.05) is 0 Å². The predicted octanol–water partition coefficient (Wildman–Crippen LogP) is 2.36. The molecule has 1 atom stereocenters. The maximum absolute atomic E-state index is 12.7. The zero-order valence-corrected chi connectivity index (χ0v) is 11.4. The second kappa shape index (κ2) is 4.92. The molecule has 1 aromatic rings. The summed E-state index contributed by atoms with van der Waals surface area (Å²) in [6.45, 7) is 2.01. The average Bonchev–Trinajstić information content (AvgIpc) is 2.71. The molecule has 0 heterocycles. The molecule has 1 aliphatic rings. The zero-order chi connectivity index (χ0) is 15.1. The molecule has 0 saturated carbocycles. The van der Waals surface area contributed by atoms with E-state index >= 15 is 0 Å². The largest absolute Gasteiger partial charge is 0.501 e. The van der Waals surface area contributed by atoms with Crippen molar-refractivity contribution in [2.45, 2.75) is 36.3 Å². The summed E-state index contributed by atoms with van der Waals surface area (Å²) >= 11 is 0. The van der Waals surface area contributed by atoms with Gasteiger partial charge in [-0.2, -0.15) is 13.2 Å². The van der Waals surface area contributed by atoms with Crippen molar-refractivity contribution in [3.63, 3.8) is 0 Å². The lowest BCUT2D eigenvalue weighted by molar-refractivity contribution is -0.0437. The highest BCUT2D eigenvalue weighted by molar-refractivity contribution is 7.92. The maximum Gasteiger partial charge on any atom is 0.501 e. The van der Waals surface area contributed by atoms with Crippen LogP contribution in [-0.4, -0.2) is 25.6 Å². The van der Waals surface area contributed by atoms with Gasteiger partial charge in [-0.05, 0) is 31.9 Å². The number of benzene rings is 1. The molecule has 1 aliphatic carbocycles. The zero-order valence-electron chi connectivity index (χ0n) is 10.6. The van der Waals surface area contributed by atoms with Crippen LogP contribution in [0.5, 0.6) is 5.75 Å². The average molecular weight is 310 g/mol. The monoisotopic (exact) mass is 310 g/mol. The van der Waals surface area contributed by atoms with Crippen LogP contribution in [0.3, 0.4) is 0 Å². The van der Waals surface area contributed by atoms with Gasteiger partial charge in [-0.15, -0.1) is 0 Å². The van der Waals surface area contributed by atoms with Gasteiger partial charge in [0, 0.05) is 11.1 Å². The minimum atomic E-state index is -5.48. The molecule has 0 radical (unpaired) electrons. The quantitative estimate of drug-likeness (QED) is 0.931. The van der Waals surface area contributed by atoms with E-state index in [4.69, 9.17) is 4.74 Å². The van der Waals surface area contributed by atoms with Crippen LogP contribution in [0.15, 0.2) is 17.0 Å². The fourth-order valence-corrected chi connectivity index (χ4v) is 3.37. The van der Waals surface area contributed by atoms with E-state index in [2.05, 4.69) is 0 Å². The Morgan fingerprint density at radius 3 is 2.60 bits per heavy atom. The molecular weight excluding hydrogens is 297 g/mol. The van der Waals surface area contributed by atoms with Crippen molar-refractivity contribution in [1.29, 1.82) is 0 Å². The third kappa shape index (κ3) is 2.26. The van der Waals surface area contributed by atoms with E-state index in [-0.39, 0.29) is 18.4 Å². The minimum absolute atomic E-state index is 0.180. The smallest absolute Gasteiger partial charge is 0.494 e. The summed E-state index contributed by atoms with van der Waals surface area (Å²) in [5.74, 6) is 0.320. The molecule has 8 heteroatoms. The Balaban J connectivity index is 2.67. The van der Waals surface area contributed by atoms with Crippen LogP contribution < -0.4 is 4.74 Å². The van der Waals surface area contributed by atoms with Crippen LogP contribution in [0.25, 0.3) is 0 Å². The molecule has 0 bridgehead atoms. The maximum atomic E-state index is 12.7. The van der Waals surface area contributed by atoms with Crippen LogP contribution >= 0.6 is 0 Å². The summed E-state index contributed by atoms with van der Waals surface area (Å²) in [5.41, 5.74) is -5.24. The second-order valence-corrected chi connectivity index (χ2v) is 6.30. The van der Waals surface area contributed by atoms with Crippen molar-refractivity contribution >= 4 is 9.84 Å². The van der Waals surface area contributed by atoms with Crippen molar-refractivity contribution in [2.75, 3.05) is 6.61 Å². The van der Waals surface area contributed by atoms with Crippen LogP contribution in [0.4, 0.5) is 13.2 Å². The summed E-state index contributed by atoms with van der Waals surface area (Å²) in [6, 6.07) is 2.06. The molecule has 1 aromatic carbocycles. The first-order valence-corrected chi connectivity index (χ1v) is 7.46. The Morgan fingerprint density at radius 2 is 2.05 bits per heavy atom. The Morgan fingerprint density at radius 1 is 1.40 bits per heavy atom. The van der Waals surface area contributed by atoms with Crippen LogP contribution in [-0.2, 0) is 16.3 Å². The molecule has 0 saturated heterocycles. The van der Waals surface area contributed by atoms with Gasteiger partial charge in [0.25, 0.3) is 9.84 Å². The third-order valence-corrected chi connectivity index (χ3v) is 4.71. The first kappa shape index (κ1) is 15.1. The molecule has 112 valence electrons. The van der Waals surface area contributed by atoms with E-state index < -0.39 is 26.3 Å². The second-order valence-electron chi connectivity index (χ2n) is 4.39. The van der Waals surface area contributed by atoms with Crippen molar-refractivity contribution in [3.8, 4) is 5.75 Å². The number of ether oxygens (including phenoxy) is 1. The highest BCUT2D eigenvalue weighted by Gasteiger charge is 2.49. The summed E-state index contributed by atoms with van der Waals surface area (Å²) in [5, 5.41) is 9.80. The summed E-state index contributed by atoms with van der Waals surface area (Å²) in [6.07, 6.45) is -0.759. The number of hydrogen-bond acceptors (Lipinski definition) is 4. The van der Waals surface area contributed by atoms with Gasteiger partial charge in [-0.3, -0.25) is 0 Å². The molecule has 1 unspecified atom stereocenters. The van der Waals surface area contributed by atoms with Crippen molar-refractivity contribution in [2.24, 2.45) is 0 Å². The van der Waals surface area contributed by atoms with Crippen molar-refractivity contribution in [3.05, 3.63) is 23.3 Å². The van der Waals surface area contributed by atoms with Gasteiger partial charge in [0.15, 0.2) is 0 Å². The van der Waals surface area contributed by atoms with Gasteiger partial charge in [-0.25, -0.2) is 8.42 Å². The number of alkyl halides is 3. The summed E-state index contributed by atoms with van der Waals surface area (Å²) in [7, 11) is -5.48. The molecule has 0 aliphatic heterocycles. The number of fused-ring (bicyclic) bond motifs is 1. The van der Waals surface area contributed by atoms with E-state index in [9.17, 15) is 26.7 Å². The standard InChI is InChI=1S/C12H13F3O4S/c1-2-19-9-5-6-10(20(17,18)12(13,14)15)11-7(9)3-4-8(11)16/h5-6,8,16H,2-4H2,1H3. The normalized spacial score (nSPS) is 18.9. The van der Waals surface area contributed by atoms with Crippen LogP contribution in [0.1, 0.15) is 30.6 Å². The number of hydrogen-bond donors (Lipinski definition) is 1. The molecule has 2 rings (SSSR count). The first-order chi connectivity index (χ1) is 9.20. The summed E-state index contributed by atoms with van der Waals surface area (Å²) < 4.78 is 66.4. The minimum Gasteiger partial charge on any atom is -0.494 e. The van der Waals surface area contributed by atoms with Gasteiger partial charge in [0.1, 0.15) is 5.75 Å². The van der Waals surface area contributed by atoms with Gasteiger partial charge in [0.05, 0.1) is 17.6 Å². The van der Waals surface area contributed by atoms with Gasteiger partial charge in [0.2, 0.25) is 0 Å². The van der Waals surface area contributed by atoms with E-state index in [1.165, 1.54) is 6.07 Å². The number of aliphatic hydroxyl groups excluding tert-OH is 1. The van der Waals surface area contributed by atoms with E-state index in [0.29, 0.717) is 17.9 Å². The Kier molecular flexibility index (Phi) is 3.72. The molecule has 1 N–H and O–H groups in total. The van der Waals surface area contributed by atoms with Crippen molar-refractivity contribution in [1.82, 2.24) is 0 Å². The van der Waals surface area contributed by atoms with Gasteiger partial charge >= 0.3 is 5.51 Å². The molecule has 0 aromatic heterocycles. The van der Waals surface area contributed by atoms with E-state index in [1.54, 1.807) is 6.92 Å². The number of rotatable bonds is 3. The molecule has 0 fully saturated rings. The highest BCUT2D eigenvalue weighted by Crippen LogP contribution is 2.44. The SMILES string of the molecule is CCOc1ccc(S(=O)(=O)C(F)(F)F)c2c1CCC2O. The van der Waals surface area contributed by atoms with Crippen LogP contribution in [0, 0.1) is 0 Å². The van der Waals surface area contributed by atoms with Gasteiger partial charge in [-0.1, -0.05) is 0 Å². The fourth-order valence-electron chi connectivity index (χ4n) is 2.32. The highest BCUT2D eigenvalue weighted by atomic mass is 32.2. The van der Waals surface area contributed by atoms with Crippen molar-refractivity contribution < 1.29 is 31.4 Å². The predicted molar refractivity (Wildman–Crippen MR) is 64.1 cm³/mol. The lowest BCUT2D eigenvalue weighted by Crippen LogP contribution is -2.25. The number of sulfone groups is 1. The summed E-state index contributed by atoms with van der Waals surface area (Å²) in [4.78, 5) is -0.881. The Labute approximate surface area is 114 Å². The third-order valence-electron chi connectivity index (χ3n) is 3.17. The topological polar surface area (TPSA) is 63.6 Å². The molecule has 20 heavy (non-hydrogen) atoms.